The van der Waals surface area contributed by atoms with Gasteiger partial charge in [0.1, 0.15) is 5.03 Å². The number of anilines is 2. The molecule has 0 saturated carbocycles. The summed E-state index contributed by atoms with van der Waals surface area (Å²) < 4.78 is 0. The molecule has 0 atom stereocenters. The number of nitrogens with zero attached hydrogens (tertiary/aromatic N) is 3. The van der Waals surface area contributed by atoms with Crippen LogP contribution in [0.15, 0.2) is 40.5 Å². The van der Waals surface area contributed by atoms with Crippen molar-refractivity contribution in [3.8, 4) is 0 Å². The molecule has 1 aromatic carbocycles. The summed E-state index contributed by atoms with van der Waals surface area (Å²) in [5, 5.41) is 23.6. The first-order valence-corrected chi connectivity index (χ1v) is 8.91. The quantitative estimate of drug-likeness (QED) is 0.662. The van der Waals surface area contributed by atoms with Crippen LogP contribution in [0.4, 0.5) is 11.5 Å². The van der Waals surface area contributed by atoms with Gasteiger partial charge in [0.2, 0.25) is 0 Å². The Morgan fingerprint density at radius 3 is 2.72 bits per heavy atom. The Balaban J connectivity index is 0.00000182. The first-order valence-electron chi connectivity index (χ1n) is 8.10. The highest BCUT2D eigenvalue weighted by molar-refractivity contribution is 7.99. The second kappa shape index (κ2) is 7.29. The van der Waals surface area contributed by atoms with E-state index >= 15 is 0 Å². The fourth-order valence-electron chi connectivity index (χ4n) is 3.12. The van der Waals surface area contributed by atoms with E-state index in [4.69, 9.17) is 0 Å². The molecule has 134 valence electrons. The molecular weight excluding hydrogens is 336 g/mol. The Hall–Kier alpha value is -1.67. The van der Waals surface area contributed by atoms with E-state index in [0.29, 0.717) is 12.8 Å². The molecule has 3 N–H and O–H groups in total. The third-order valence-corrected chi connectivity index (χ3v) is 5.72. The molecule has 0 radical (unpaired) electrons. The van der Waals surface area contributed by atoms with E-state index in [2.05, 4.69) is 38.4 Å². The predicted molar refractivity (Wildman–Crippen MR) is 99.2 cm³/mol. The molecule has 6 nitrogen and oxygen atoms in total. The van der Waals surface area contributed by atoms with Crippen LogP contribution in [0.5, 0.6) is 0 Å². The van der Waals surface area contributed by atoms with Gasteiger partial charge in [0.15, 0.2) is 5.82 Å². The average molecular weight is 360 g/mol. The molecule has 7 heteroatoms. The number of rotatable bonds is 3. The number of aliphatic hydroxyl groups excluding tert-OH is 1. The monoisotopic (exact) mass is 360 g/mol. The maximum Gasteiger partial charge on any atom is 0.163 e. The molecule has 1 aromatic heterocycles. The van der Waals surface area contributed by atoms with Crippen molar-refractivity contribution >= 4 is 23.3 Å². The average Bonchev–Trinajstić information content (AvgIpc) is 2.62. The Morgan fingerprint density at radius 2 is 1.96 bits per heavy atom. The molecule has 0 aliphatic carbocycles. The summed E-state index contributed by atoms with van der Waals surface area (Å²) in [5.41, 5.74) is 1.39. The number of likely N-dealkylation sites (tertiary alicyclic amines) is 1. The van der Waals surface area contributed by atoms with Gasteiger partial charge in [-0.1, -0.05) is 25.3 Å². The second-order valence-electron chi connectivity index (χ2n) is 6.43. The van der Waals surface area contributed by atoms with Gasteiger partial charge in [-0.2, -0.15) is 0 Å². The highest BCUT2D eigenvalue weighted by atomic mass is 32.2. The minimum absolute atomic E-state index is 0. The summed E-state index contributed by atoms with van der Waals surface area (Å²) in [6.07, 6.45) is 4.63. The lowest BCUT2D eigenvalue weighted by atomic mass is 9.92. The van der Waals surface area contributed by atoms with Crippen molar-refractivity contribution in [2.75, 3.05) is 25.0 Å². The lowest BCUT2D eigenvalue weighted by Crippen LogP contribution is -2.46. The van der Waals surface area contributed by atoms with Crippen LogP contribution in [-0.2, 0) is 6.54 Å². The van der Waals surface area contributed by atoms with Crippen molar-refractivity contribution in [3.63, 3.8) is 0 Å². The summed E-state index contributed by atoms with van der Waals surface area (Å²) in [6, 6.07) is 6.42. The number of benzene rings is 1. The zero-order valence-electron chi connectivity index (χ0n) is 13.3. The van der Waals surface area contributed by atoms with Gasteiger partial charge in [-0.3, -0.25) is 4.90 Å². The maximum atomic E-state index is 10.1. The molecular formula is C18H24N4O2S. The molecule has 0 unspecified atom stereocenters. The van der Waals surface area contributed by atoms with Crippen LogP contribution < -0.4 is 5.32 Å². The van der Waals surface area contributed by atoms with E-state index in [1.807, 2.05) is 0 Å². The summed E-state index contributed by atoms with van der Waals surface area (Å²) in [4.78, 5) is 12.1. The molecule has 1 saturated heterocycles. The lowest BCUT2D eigenvalue weighted by molar-refractivity contribution is -0.0606. The Bertz CT molecular complexity index is 748. The highest BCUT2D eigenvalue weighted by Crippen LogP contribution is 2.42. The van der Waals surface area contributed by atoms with Crippen LogP contribution in [0.1, 0.15) is 25.8 Å². The Kier molecular flexibility index (Phi) is 5.29. The number of aromatic nitrogens is 2. The van der Waals surface area contributed by atoms with Crippen LogP contribution in [0.2, 0.25) is 0 Å². The molecule has 2 aliphatic rings. The molecule has 2 aliphatic heterocycles. The van der Waals surface area contributed by atoms with Gasteiger partial charge in [-0.25, -0.2) is 9.97 Å². The van der Waals surface area contributed by atoms with E-state index in [9.17, 15) is 10.2 Å². The van der Waals surface area contributed by atoms with E-state index in [-0.39, 0.29) is 14.0 Å². The van der Waals surface area contributed by atoms with Gasteiger partial charge in [0.25, 0.3) is 0 Å². The SMILES string of the molecule is C.OCC1(O)CCN(Cc2ccc3c(c2)Nc2nccnc2S3)CC1. The van der Waals surface area contributed by atoms with Crippen molar-refractivity contribution in [2.24, 2.45) is 0 Å². The van der Waals surface area contributed by atoms with Gasteiger partial charge < -0.3 is 15.5 Å². The molecule has 0 spiro atoms. The number of hydrogen-bond acceptors (Lipinski definition) is 7. The highest BCUT2D eigenvalue weighted by Gasteiger charge is 2.31. The van der Waals surface area contributed by atoms with E-state index in [1.54, 1.807) is 24.2 Å². The molecule has 4 rings (SSSR count). The second-order valence-corrected chi connectivity index (χ2v) is 7.46. The molecule has 3 heterocycles. The molecule has 0 amide bonds. The van der Waals surface area contributed by atoms with Crippen LogP contribution >= 0.6 is 11.8 Å². The minimum Gasteiger partial charge on any atom is -0.393 e. The summed E-state index contributed by atoms with van der Waals surface area (Å²) in [5.74, 6) is 0.804. The first kappa shape index (κ1) is 18.1. The van der Waals surface area contributed by atoms with Crippen molar-refractivity contribution in [2.45, 2.75) is 42.3 Å². The van der Waals surface area contributed by atoms with Gasteiger partial charge in [-0.15, -0.1) is 0 Å². The van der Waals surface area contributed by atoms with Crippen LogP contribution in [0, 0.1) is 0 Å². The van der Waals surface area contributed by atoms with Crippen molar-refractivity contribution < 1.29 is 10.2 Å². The van der Waals surface area contributed by atoms with Crippen LogP contribution in [-0.4, -0.2) is 50.4 Å². The minimum atomic E-state index is -0.896. The van der Waals surface area contributed by atoms with Crippen molar-refractivity contribution in [1.29, 1.82) is 0 Å². The standard InChI is InChI=1S/C17H20N4O2S.CH4/c22-11-17(23)3-7-21(8-4-17)10-12-1-2-14-13(9-12)20-15-16(24-14)19-6-5-18-15;/h1-2,5-6,9,22-23H,3-4,7-8,10-11H2,(H,18,20);1H4. The maximum absolute atomic E-state index is 10.1. The molecule has 1 fully saturated rings. The largest absolute Gasteiger partial charge is 0.393 e. The molecule has 0 bridgehead atoms. The van der Waals surface area contributed by atoms with Gasteiger partial charge in [0.05, 0.1) is 17.9 Å². The fourth-order valence-corrected chi connectivity index (χ4v) is 4.00. The summed E-state index contributed by atoms with van der Waals surface area (Å²) in [7, 11) is 0. The number of piperidine rings is 1. The smallest absolute Gasteiger partial charge is 0.163 e. The zero-order chi connectivity index (χ0) is 16.6. The van der Waals surface area contributed by atoms with Crippen LogP contribution in [0.3, 0.4) is 0 Å². The zero-order valence-corrected chi connectivity index (χ0v) is 14.1. The van der Waals surface area contributed by atoms with E-state index < -0.39 is 5.60 Å². The Labute approximate surface area is 152 Å². The number of hydrogen-bond donors (Lipinski definition) is 3. The number of fused-ring (bicyclic) bond motifs is 2. The lowest BCUT2D eigenvalue weighted by Gasteiger charge is -2.37. The third kappa shape index (κ3) is 3.79. The fraction of sp³-hybridized carbons (Fsp3) is 0.444. The number of aliphatic hydroxyl groups is 2. The normalized spacial score (nSPS) is 18.5. The van der Waals surface area contributed by atoms with Crippen LogP contribution in [0.25, 0.3) is 0 Å². The summed E-state index contributed by atoms with van der Waals surface area (Å²) >= 11 is 1.63. The topological polar surface area (TPSA) is 81.5 Å². The van der Waals surface area contributed by atoms with Gasteiger partial charge in [0, 0.05) is 36.9 Å². The Morgan fingerprint density at radius 1 is 1.20 bits per heavy atom. The molecule has 2 aromatic rings. The van der Waals surface area contributed by atoms with Gasteiger partial charge in [-0.05, 0) is 30.5 Å². The van der Waals surface area contributed by atoms with Crippen molar-refractivity contribution in [3.05, 3.63) is 36.2 Å². The summed E-state index contributed by atoms with van der Waals surface area (Å²) in [6.45, 7) is 2.28. The van der Waals surface area contributed by atoms with Gasteiger partial charge >= 0.3 is 0 Å². The first-order chi connectivity index (χ1) is 11.6. The van der Waals surface area contributed by atoms with E-state index in [1.165, 1.54) is 5.56 Å². The van der Waals surface area contributed by atoms with E-state index in [0.717, 1.165) is 41.1 Å². The third-order valence-electron chi connectivity index (χ3n) is 4.66. The molecule has 25 heavy (non-hydrogen) atoms. The predicted octanol–water partition coefficient (Wildman–Crippen LogP) is 2.64. The van der Waals surface area contributed by atoms with Crippen molar-refractivity contribution in [1.82, 2.24) is 14.9 Å². The number of nitrogens with one attached hydrogen (secondary N) is 1.